The second-order valence-electron chi connectivity index (χ2n) is 4.46. The van der Waals surface area contributed by atoms with Gasteiger partial charge in [-0.15, -0.1) is 0 Å². The highest BCUT2D eigenvalue weighted by atomic mass is 79.9. The van der Waals surface area contributed by atoms with Crippen molar-refractivity contribution in [3.8, 4) is 0 Å². The maximum Gasteiger partial charge on any atom is 0.137 e. The van der Waals surface area contributed by atoms with Crippen molar-refractivity contribution in [2.75, 3.05) is 7.05 Å². The first-order valence-electron chi connectivity index (χ1n) is 6.07. The summed E-state index contributed by atoms with van der Waals surface area (Å²) >= 11 is 8.91. The van der Waals surface area contributed by atoms with Gasteiger partial charge in [-0.3, -0.25) is 0 Å². The molecule has 0 spiro atoms. The molecule has 0 saturated heterocycles. The fourth-order valence-electron chi connectivity index (χ4n) is 2.07. The van der Waals surface area contributed by atoms with Crippen molar-refractivity contribution >= 4 is 27.5 Å². The molecule has 0 fully saturated rings. The van der Waals surface area contributed by atoms with Crippen molar-refractivity contribution in [2.24, 2.45) is 0 Å². The van der Waals surface area contributed by atoms with Crippen LogP contribution in [-0.2, 0) is 6.42 Å². The van der Waals surface area contributed by atoms with Crippen molar-refractivity contribution in [1.29, 1.82) is 0 Å². The van der Waals surface area contributed by atoms with E-state index in [1.54, 1.807) is 13.1 Å². The molecule has 0 aromatic heterocycles. The van der Waals surface area contributed by atoms with Crippen LogP contribution in [0, 0.1) is 11.6 Å². The van der Waals surface area contributed by atoms with E-state index in [0.717, 1.165) is 11.6 Å². The fourth-order valence-corrected chi connectivity index (χ4v) is 2.60. The lowest BCUT2D eigenvalue weighted by molar-refractivity contribution is 0.521. The standard InChI is InChI=1S/C15H13BrClF2N/c1-20-15(6-9-3-2-4-10(17)5-9)11-7-14(19)12(16)8-13(11)18/h2-5,7-8,15,20H,6H2,1H3. The minimum absolute atomic E-state index is 0.122. The van der Waals surface area contributed by atoms with Crippen LogP contribution in [0.3, 0.4) is 0 Å². The van der Waals surface area contributed by atoms with Gasteiger partial charge in [-0.05, 0) is 59.2 Å². The molecule has 1 N–H and O–H groups in total. The second kappa shape index (κ2) is 6.66. The zero-order valence-corrected chi connectivity index (χ0v) is 13.1. The molecule has 0 heterocycles. The van der Waals surface area contributed by atoms with E-state index in [2.05, 4.69) is 21.2 Å². The molecule has 106 valence electrons. The molecule has 0 aliphatic heterocycles. The summed E-state index contributed by atoms with van der Waals surface area (Å²) < 4.78 is 27.7. The first-order valence-corrected chi connectivity index (χ1v) is 7.24. The first kappa shape index (κ1) is 15.4. The summed E-state index contributed by atoms with van der Waals surface area (Å²) in [7, 11) is 1.72. The monoisotopic (exact) mass is 359 g/mol. The van der Waals surface area contributed by atoms with Crippen LogP contribution in [0.2, 0.25) is 5.02 Å². The molecule has 2 aromatic carbocycles. The van der Waals surface area contributed by atoms with Gasteiger partial charge in [-0.2, -0.15) is 0 Å². The third-order valence-corrected chi connectivity index (χ3v) is 3.94. The lowest BCUT2D eigenvalue weighted by Gasteiger charge is -2.18. The highest BCUT2D eigenvalue weighted by Crippen LogP contribution is 2.27. The number of halogens is 4. The van der Waals surface area contributed by atoms with E-state index in [1.807, 2.05) is 18.2 Å². The molecular weight excluding hydrogens is 348 g/mol. The molecule has 1 unspecified atom stereocenters. The van der Waals surface area contributed by atoms with Gasteiger partial charge in [0.2, 0.25) is 0 Å². The molecular formula is C15H13BrClF2N. The minimum atomic E-state index is -0.479. The third-order valence-electron chi connectivity index (χ3n) is 3.09. The lowest BCUT2D eigenvalue weighted by Crippen LogP contribution is -2.20. The van der Waals surface area contributed by atoms with Gasteiger partial charge in [0.15, 0.2) is 0 Å². The average Bonchev–Trinajstić information content (AvgIpc) is 2.40. The van der Waals surface area contributed by atoms with Gasteiger partial charge in [0, 0.05) is 16.6 Å². The van der Waals surface area contributed by atoms with E-state index in [-0.39, 0.29) is 10.5 Å². The predicted molar refractivity (Wildman–Crippen MR) is 81.0 cm³/mol. The summed E-state index contributed by atoms with van der Waals surface area (Å²) in [6.45, 7) is 0. The van der Waals surface area contributed by atoms with E-state index < -0.39 is 11.6 Å². The third kappa shape index (κ3) is 3.57. The molecule has 1 nitrogen and oxygen atoms in total. The Morgan fingerprint density at radius 2 is 1.95 bits per heavy atom. The van der Waals surface area contributed by atoms with Crippen LogP contribution in [0.25, 0.3) is 0 Å². The zero-order valence-electron chi connectivity index (χ0n) is 10.8. The van der Waals surface area contributed by atoms with Gasteiger partial charge in [0.05, 0.1) is 4.47 Å². The summed E-state index contributed by atoms with van der Waals surface area (Å²) in [4.78, 5) is 0. The van der Waals surface area contributed by atoms with Gasteiger partial charge in [-0.1, -0.05) is 23.7 Å². The Morgan fingerprint density at radius 1 is 1.20 bits per heavy atom. The second-order valence-corrected chi connectivity index (χ2v) is 5.75. The van der Waals surface area contributed by atoms with Crippen LogP contribution in [0.4, 0.5) is 8.78 Å². The Kier molecular flexibility index (Phi) is 5.13. The molecule has 1 atom stereocenters. The van der Waals surface area contributed by atoms with Crippen molar-refractivity contribution in [3.05, 3.63) is 68.7 Å². The average molecular weight is 361 g/mol. The molecule has 5 heteroatoms. The van der Waals surface area contributed by atoms with Crippen molar-refractivity contribution in [2.45, 2.75) is 12.5 Å². The summed E-state index contributed by atoms with van der Waals surface area (Å²) in [6, 6.07) is 9.37. The number of likely N-dealkylation sites (N-methyl/N-ethyl adjacent to an activating group) is 1. The van der Waals surface area contributed by atoms with E-state index in [9.17, 15) is 8.78 Å². The quantitative estimate of drug-likeness (QED) is 0.766. The van der Waals surface area contributed by atoms with Crippen LogP contribution >= 0.6 is 27.5 Å². The highest BCUT2D eigenvalue weighted by Gasteiger charge is 2.17. The molecule has 2 aromatic rings. The van der Waals surface area contributed by atoms with E-state index >= 15 is 0 Å². The van der Waals surface area contributed by atoms with Gasteiger partial charge < -0.3 is 5.32 Å². The highest BCUT2D eigenvalue weighted by molar-refractivity contribution is 9.10. The van der Waals surface area contributed by atoms with Crippen molar-refractivity contribution in [1.82, 2.24) is 5.32 Å². The Balaban J connectivity index is 2.31. The minimum Gasteiger partial charge on any atom is -0.313 e. The maximum atomic E-state index is 14.0. The number of benzene rings is 2. The Morgan fingerprint density at radius 3 is 2.60 bits per heavy atom. The van der Waals surface area contributed by atoms with Gasteiger partial charge in [-0.25, -0.2) is 8.78 Å². The number of rotatable bonds is 4. The Bertz CT molecular complexity index is 619. The number of hydrogen-bond donors (Lipinski definition) is 1. The van der Waals surface area contributed by atoms with Gasteiger partial charge in [0.25, 0.3) is 0 Å². The lowest BCUT2D eigenvalue weighted by atomic mass is 9.98. The summed E-state index contributed by atoms with van der Waals surface area (Å²) in [6.07, 6.45) is 0.523. The van der Waals surface area contributed by atoms with Gasteiger partial charge >= 0.3 is 0 Å². The van der Waals surface area contributed by atoms with Crippen molar-refractivity contribution < 1.29 is 8.78 Å². The summed E-state index contributed by atoms with van der Waals surface area (Å²) in [5.74, 6) is -0.924. The van der Waals surface area contributed by atoms with Crippen LogP contribution < -0.4 is 5.32 Å². The van der Waals surface area contributed by atoms with Crippen LogP contribution in [0.1, 0.15) is 17.2 Å². The van der Waals surface area contributed by atoms with E-state index in [4.69, 9.17) is 11.6 Å². The number of nitrogens with one attached hydrogen (secondary N) is 1. The van der Waals surface area contributed by atoms with Crippen LogP contribution in [-0.4, -0.2) is 7.05 Å². The Labute approximate surface area is 130 Å². The normalized spacial score (nSPS) is 12.4. The molecule has 0 aliphatic carbocycles. The van der Waals surface area contributed by atoms with E-state index in [0.29, 0.717) is 17.0 Å². The first-order chi connectivity index (χ1) is 9.51. The smallest absolute Gasteiger partial charge is 0.137 e. The predicted octanol–water partition coefficient (Wildman–Crippen LogP) is 4.88. The molecule has 0 radical (unpaired) electrons. The Hall–Kier alpha value is -0.970. The van der Waals surface area contributed by atoms with Crippen LogP contribution in [0.5, 0.6) is 0 Å². The summed E-state index contributed by atoms with van der Waals surface area (Å²) in [5, 5.41) is 3.63. The molecule has 0 amide bonds. The number of hydrogen-bond acceptors (Lipinski definition) is 1. The molecule has 2 rings (SSSR count). The fraction of sp³-hybridized carbons (Fsp3) is 0.200. The van der Waals surface area contributed by atoms with E-state index in [1.165, 1.54) is 6.07 Å². The van der Waals surface area contributed by atoms with Gasteiger partial charge in [0.1, 0.15) is 11.6 Å². The molecule has 0 saturated carbocycles. The molecule has 0 bridgehead atoms. The zero-order chi connectivity index (χ0) is 14.7. The summed E-state index contributed by atoms with van der Waals surface area (Å²) in [5.41, 5.74) is 1.26. The topological polar surface area (TPSA) is 12.0 Å². The molecule has 20 heavy (non-hydrogen) atoms. The SMILES string of the molecule is CNC(Cc1cccc(Cl)c1)c1cc(F)c(Br)cc1F. The van der Waals surface area contributed by atoms with Crippen LogP contribution in [0.15, 0.2) is 40.9 Å². The van der Waals surface area contributed by atoms with Crippen molar-refractivity contribution in [3.63, 3.8) is 0 Å². The maximum absolute atomic E-state index is 14.0. The molecule has 0 aliphatic rings. The largest absolute Gasteiger partial charge is 0.313 e.